The number of para-hydroxylation sites is 1. The summed E-state index contributed by atoms with van der Waals surface area (Å²) in [7, 11) is 0. The number of pyridine rings is 1. The van der Waals surface area contributed by atoms with E-state index < -0.39 is 11.9 Å². The van der Waals surface area contributed by atoms with Gasteiger partial charge in [-0.15, -0.1) is 0 Å². The van der Waals surface area contributed by atoms with Gasteiger partial charge < -0.3 is 20.4 Å². The highest BCUT2D eigenvalue weighted by atomic mass is 16.5. The number of ether oxygens (including phenoxy) is 1. The Kier molecular flexibility index (Phi) is 9.31. The smallest absolute Gasteiger partial charge is 0.261 e. The zero-order chi connectivity index (χ0) is 29.5. The molecule has 0 bridgehead atoms. The Hall–Kier alpha value is -4.76. The molecule has 0 aliphatic carbocycles. The van der Waals surface area contributed by atoms with Crippen LogP contribution in [0.4, 0.5) is 0 Å². The fourth-order valence-corrected chi connectivity index (χ4v) is 4.64. The van der Waals surface area contributed by atoms with E-state index in [-0.39, 0.29) is 37.0 Å². The standard InChI is InChI=1S/C30H28N4O5.C2H6/c1-19(27(31)35)32-18-21-16-20-12-13-23(39-22-8-3-2-4-9-22)17-26(20)33(28(21)36)14-7-15-34-29(37)24-10-5-6-11-25(24)30(34)38;1-2/h2-6,8-13,16-17,19,32H,7,14-15,18H2,1H3,(H2,31,35);1-2H3. The largest absolute Gasteiger partial charge is 0.457 e. The Balaban J connectivity index is 0.00000189. The first-order valence-electron chi connectivity index (χ1n) is 13.7. The zero-order valence-corrected chi connectivity index (χ0v) is 23.4. The molecule has 41 heavy (non-hydrogen) atoms. The predicted octanol–water partition coefficient (Wildman–Crippen LogP) is 4.47. The summed E-state index contributed by atoms with van der Waals surface area (Å²) in [6, 6.07) is 22.7. The van der Waals surface area contributed by atoms with Crippen molar-refractivity contribution >= 4 is 28.6 Å². The summed E-state index contributed by atoms with van der Waals surface area (Å²) >= 11 is 0. The van der Waals surface area contributed by atoms with Crippen LogP contribution in [0.25, 0.3) is 10.9 Å². The van der Waals surface area contributed by atoms with Gasteiger partial charge in [0, 0.05) is 31.3 Å². The number of primary amides is 1. The molecule has 0 saturated carbocycles. The monoisotopic (exact) mass is 554 g/mol. The van der Waals surface area contributed by atoms with Gasteiger partial charge in [0.15, 0.2) is 0 Å². The molecule has 0 radical (unpaired) electrons. The van der Waals surface area contributed by atoms with Gasteiger partial charge in [0.05, 0.1) is 22.7 Å². The number of aromatic nitrogens is 1. The van der Waals surface area contributed by atoms with Crippen molar-refractivity contribution in [2.24, 2.45) is 5.73 Å². The Labute approximate surface area is 238 Å². The third kappa shape index (κ3) is 6.36. The second-order valence-electron chi connectivity index (χ2n) is 9.43. The van der Waals surface area contributed by atoms with E-state index in [2.05, 4.69) is 5.32 Å². The number of amides is 3. The average Bonchev–Trinajstić information content (AvgIpc) is 3.23. The predicted molar refractivity (Wildman–Crippen MR) is 158 cm³/mol. The van der Waals surface area contributed by atoms with Gasteiger partial charge in [0.2, 0.25) is 5.91 Å². The van der Waals surface area contributed by atoms with Gasteiger partial charge >= 0.3 is 0 Å². The first kappa shape index (κ1) is 29.2. The van der Waals surface area contributed by atoms with Crippen molar-refractivity contribution in [1.82, 2.24) is 14.8 Å². The van der Waals surface area contributed by atoms with E-state index in [0.29, 0.717) is 40.1 Å². The molecule has 3 N–H and O–H groups in total. The van der Waals surface area contributed by atoms with E-state index in [1.807, 2.05) is 56.3 Å². The molecule has 1 aliphatic rings. The van der Waals surface area contributed by atoms with Crippen LogP contribution in [0.15, 0.2) is 83.7 Å². The molecule has 5 rings (SSSR count). The van der Waals surface area contributed by atoms with Crippen LogP contribution in [0.5, 0.6) is 11.5 Å². The molecule has 212 valence electrons. The molecule has 0 spiro atoms. The van der Waals surface area contributed by atoms with Crippen LogP contribution in [0.2, 0.25) is 0 Å². The van der Waals surface area contributed by atoms with E-state index in [0.717, 1.165) is 5.39 Å². The fourth-order valence-electron chi connectivity index (χ4n) is 4.64. The van der Waals surface area contributed by atoms with Crippen LogP contribution in [0, 0.1) is 0 Å². The van der Waals surface area contributed by atoms with Gasteiger partial charge in [-0.1, -0.05) is 44.2 Å². The van der Waals surface area contributed by atoms with Crippen molar-refractivity contribution in [2.45, 2.75) is 46.3 Å². The molecule has 3 amide bonds. The molecule has 0 saturated heterocycles. The second kappa shape index (κ2) is 13.1. The first-order chi connectivity index (χ1) is 19.8. The molecule has 1 aliphatic heterocycles. The zero-order valence-electron chi connectivity index (χ0n) is 23.4. The van der Waals surface area contributed by atoms with E-state index in [1.54, 1.807) is 47.9 Å². The minimum absolute atomic E-state index is 0.152. The molecule has 9 heteroatoms. The number of nitrogens with two attached hydrogens (primary N) is 1. The van der Waals surface area contributed by atoms with Crippen LogP contribution in [0.1, 0.15) is 53.5 Å². The lowest BCUT2D eigenvalue weighted by Crippen LogP contribution is -2.39. The highest BCUT2D eigenvalue weighted by Gasteiger charge is 2.34. The Morgan fingerprint density at radius 3 is 2.12 bits per heavy atom. The van der Waals surface area contributed by atoms with E-state index >= 15 is 0 Å². The quantitative estimate of drug-likeness (QED) is 0.279. The molecule has 0 fully saturated rings. The number of carbonyl (C=O) groups is 3. The summed E-state index contributed by atoms with van der Waals surface area (Å²) in [5, 5.41) is 3.79. The van der Waals surface area contributed by atoms with Crippen molar-refractivity contribution in [3.8, 4) is 11.5 Å². The number of nitrogens with one attached hydrogen (secondary N) is 1. The number of hydrogen-bond acceptors (Lipinski definition) is 6. The SMILES string of the molecule is CC.CC(NCc1cc2ccc(Oc3ccccc3)cc2n(CCCN2C(=O)c3ccccc3C2=O)c1=O)C(N)=O. The summed E-state index contributed by atoms with van der Waals surface area (Å²) < 4.78 is 7.61. The van der Waals surface area contributed by atoms with Crippen LogP contribution in [-0.2, 0) is 17.9 Å². The van der Waals surface area contributed by atoms with Crippen molar-refractivity contribution in [1.29, 1.82) is 0 Å². The molecule has 9 nitrogen and oxygen atoms in total. The number of aryl methyl sites for hydroxylation is 1. The lowest BCUT2D eigenvalue weighted by atomic mass is 10.1. The molecule has 1 atom stereocenters. The number of benzene rings is 3. The van der Waals surface area contributed by atoms with Crippen LogP contribution in [0.3, 0.4) is 0 Å². The van der Waals surface area contributed by atoms with Gasteiger partial charge in [-0.25, -0.2) is 0 Å². The first-order valence-corrected chi connectivity index (χ1v) is 13.7. The molecular formula is C32H34N4O5. The van der Waals surface area contributed by atoms with Crippen molar-refractivity contribution in [3.05, 3.63) is 106 Å². The summed E-state index contributed by atoms with van der Waals surface area (Å²) in [6.45, 7) is 6.22. The fraction of sp³-hybridized carbons (Fsp3) is 0.250. The molecule has 1 aromatic heterocycles. The lowest BCUT2D eigenvalue weighted by Gasteiger charge is -2.18. The minimum Gasteiger partial charge on any atom is -0.457 e. The third-order valence-corrected chi connectivity index (χ3v) is 6.79. The van der Waals surface area contributed by atoms with Gasteiger partial charge in [0.25, 0.3) is 17.4 Å². The molecule has 1 unspecified atom stereocenters. The van der Waals surface area contributed by atoms with Gasteiger partial charge in [-0.3, -0.25) is 24.1 Å². The van der Waals surface area contributed by atoms with Crippen LogP contribution < -0.4 is 21.3 Å². The number of hydrogen-bond donors (Lipinski definition) is 2. The number of fused-ring (bicyclic) bond motifs is 2. The molecular weight excluding hydrogens is 520 g/mol. The van der Waals surface area contributed by atoms with E-state index in [4.69, 9.17) is 10.5 Å². The second-order valence-corrected chi connectivity index (χ2v) is 9.43. The maximum absolute atomic E-state index is 13.6. The normalized spacial score (nSPS) is 13.0. The van der Waals surface area contributed by atoms with E-state index in [9.17, 15) is 19.2 Å². The minimum atomic E-state index is -0.607. The van der Waals surface area contributed by atoms with Crippen LogP contribution >= 0.6 is 0 Å². The van der Waals surface area contributed by atoms with Crippen molar-refractivity contribution in [2.75, 3.05) is 6.54 Å². The topological polar surface area (TPSA) is 124 Å². The summed E-state index contributed by atoms with van der Waals surface area (Å²) in [5.41, 5.74) is 7.02. The summed E-state index contributed by atoms with van der Waals surface area (Å²) in [4.78, 5) is 51.8. The van der Waals surface area contributed by atoms with Crippen molar-refractivity contribution in [3.63, 3.8) is 0 Å². The van der Waals surface area contributed by atoms with Crippen LogP contribution in [-0.4, -0.2) is 39.8 Å². The molecule has 2 heterocycles. The van der Waals surface area contributed by atoms with Crippen molar-refractivity contribution < 1.29 is 19.1 Å². The Morgan fingerprint density at radius 1 is 0.854 bits per heavy atom. The third-order valence-electron chi connectivity index (χ3n) is 6.79. The lowest BCUT2D eigenvalue weighted by molar-refractivity contribution is -0.119. The number of rotatable bonds is 10. The maximum atomic E-state index is 13.6. The van der Waals surface area contributed by atoms with E-state index in [1.165, 1.54) is 4.90 Å². The van der Waals surface area contributed by atoms with Gasteiger partial charge in [0.1, 0.15) is 11.5 Å². The summed E-state index contributed by atoms with van der Waals surface area (Å²) in [6.07, 6.45) is 0.374. The Morgan fingerprint density at radius 2 is 1.49 bits per heavy atom. The highest BCUT2D eigenvalue weighted by molar-refractivity contribution is 6.21. The highest BCUT2D eigenvalue weighted by Crippen LogP contribution is 2.26. The number of carbonyl (C=O) groups excluding carboxylic acids is 3. The average molecular weight is 555 g/mol. The molecule has 4 aromatic rings. The van der Waals surface area contributed by atoms with Gasteiger partial charge in [-0.05, 0) is 61.2 Å². The van der Waals surface area contributed by atoms with Gasteiger partial charge in [-0.2, -0.15) is 0 Å². The molecule has 3 aromatic carbocycles. The summed E-state index contributed by atoms with van der Waals surface area (Å²) in [5.74, 6) is 0.0577. The maximum Gasteiger partial charge on any atom is 0.261 e. The number of nitrogens with zero attached hydrogens (tertiary/aromatic N) is 2. The Bertz CT molecular complexity index is 1600. The number of imide groups is 1.